The Balaban J connectivity index is 2.08. The third-order valence-electron chi connectivity index (χ3n) is 2.68. The van der Waals surface area contributed by atoms with Crippen molar-refractivity contribution in [2.75, 3.05) is 19.5 Å². The molecular weight excluding hydrogens is 308 g/mol. The molecule has 1 N–H and O–H groups in total. The molecule has 0 radical (unpaired) electrons. The van der Waals surface area contributed by atoms with Gasteiger partial charge in [0.05, 0.1) is 18.7 Å². The number of pyridine rings is 1. The zero-order chi connectivity index (χ0) is 13.7. The first-order valence-electron chi connectivity index (χ1n) is 5.80. The van der Waals surface area contributed by atoms with Crippen molar-refractivity contribution in [1.82, 2.24) is 4.98 Å². The standard InChI is InChI=1S/C14H15BrN2O2/c1-18-13-6-5-11(8-12(13)15)17-9-10-4-3-7-16-14(10)19-2/h3-8,17H,9H2,1-2H3. The van der Waals surface area contributed by atoms with Gasteiger partial charge >= 0.3 is 0 Å². The van der Waals surface area contributed by atoms with Crippen LogP contribution in [0.1, 0.15) is 5.56 Å². The second kappa shape index (κ2) is 6.43. The van der Waals surface area contributed by atoms with Crippen LogP contribution in [0, 0.1) is 0 Å². The first-order valence-corrected chi connectivity index (χ1v) is 6.59. The molecule has 5 heteroatoms. The average molecular weight is 323 g/mol. The molecule has 2 aromatic rings. The molecule has 0 saturated carbocycles. The Morgan fingerprint density at radius 1 is 1.21 bits per heavy atom. The van der Waals surface area contributed by atoms with E-state index in [-0.39, 0.29) is 0 Å². The molecule has 0 aliphatic carbocycles. The van der Waals surface area contributed by atoms with E-state index in [1.165, 1.54) is 0 Å². The number of methoxy groups -OCH3 is 2. The highest BCUT2D eigenvalue weighted by Gasteiger charge is 2.04. The summed E-state index contributed by atoms with van der Waals surface area (Å²) in [5.74, 6) is 1.45. The Bertz CT molecular complexity index is 561. The monoisotopic (exact) mass is 322 g/mol. The molecule has 0 bridgehead atoms. The van der Waals surface area contributed by atoms with Crippen LogP contribution in [-0.2, 0) is 6.54 Å². The molecule has 0 spiro atoms. The van der Waals surface area contributed by atoms with E-state index in [1.807, 2.05) is 30.3 Å². The van der Waals surface area contributed by atoms with E-state index in [0.29, 0.717) is 12.4 Å². The summed E-state index contributed by atoms with van der Waals surface area (Å²) >= 11 is 3.46. The van der Waals surface area contributed by atoms with E-state index in [9.17, 15) is 0 Å². The second-order valence-electron chi connectivity index (χ2n) is 3.87. The summed E-state index contributed by atoms with van der Waals surface area (Å²) in [7, 11) is 3.27. The summed E-state index contributed by atoms with van der Waals surface area (Å²) < 4.78 is 11.3. The molecular formula is C14H15BrN2O2. The van der Waals surface area contributed by atoms with E-state index in [2.05, 4.69) is 26.2 Å². The number of halogens is 1. The van der Waals surface area contributed by atoms with E-state index < -0.39 is 0 Å². The quantitative estimate of drug-likeness (QED) is 0.915. The van der Waals surface area contributed by atoms with Crippen molar-refractivity contribution in [3.05, 3.63) is 46.6 Å². The van der Waals surface area contributed by atoms with Gasteiger partial charge in [0.1, 0.15) is 5.75 Å². The highest BCUT2D eigenvalue weighted by atomic mass is 79.9. The molecule has 0 amide bonds. The molecule has 4 nitrogen and oxygen atoms in total. The van der Waals surface area contributed by atoms with Crippen molar-refractivity contribution in [2.45, 2.75) is 6.54 Å². The van der Waals surface area contributed by atoms with Crippen LogP contribution in [0.5, 0.6) is 11.6 Å². The molecule has 19 heavy (non-hydrogen) atoms. The molecule has 0 fully saturated rings. The first kappa shape index (κ1) is 13.7. The highest BCUT2D eigenvalue weighted by molar-refractivity contribution is 9.10. The third kappa shape index (κ3) is 3.38. The van der Waals surface area contributed by atoms with Gasteiger partial charge in [-0.15, -0.1) is 0 Å². The Morgan fingerprint density at radius 3 is 2.74 bits per heavy atom. The summed E-state index contributed by atoms with van der Waals surface area (Å²) in [6.07, 6.45) is 1.71. The minimum Gasteiger partial charge on any atom is -0.496 e. The molecule has 0 aliphatic heterocycles. The minimum atomic E-state index is 0.641. The van der Waals surface area contributed by atoms with Gasteiger partial charge in [0.25, 0.3) is 0 Å². The largest absolute Gasteiger partial charge is 0.496 e. The maximum atomic E-state index is 5.21. The molecule has 0 aliphatic rings. The van der Waals surface area contributed by atoms with Gasteiger partial charge in [-0.2, -0.15) is 0 Å². The van der Waals surface area contributed by atoms with Gasteiger partial charge in [0.15, 0.2) is 0 Å². The number of rotatable bonds is 5. The lowest BCUT2D eigenvalue weighted by molar-refractivity contribution is 0.393. The van der Waals surface area contributed by atoms with Gasteiger partial charge in [-0.1, -0.05) is 6.07 Å². The Labute approximate surface area is 120 Å². The van der Waals surface area contributed by atoms with Gasteiger partial charge < -0.3 is 14.8 Å². The fraction of sp³-hybridized carbons (Fsp3) is 0.214. The van der Waals surface area contributed by atoms with Crippen LogP contribution in [0.3, 0.4) is 0 Å². The van der Waals surface area contributed by atoms with Crippen molar-refractivity contribution in [3.63, 3.8) is 0 Å². The number of anilines is 1. The Kier molecular flexibility index (Phi) is 4.63. The zero-order valence-corrected chi connectivity index (χ0v) is 12.4. The van der Waals surface area contributed by atoms with Crippen LogP contribution in [0.25, 0.3) is 0 Å². The SMILES string of the molecule is COc1ccc(NCc2cccnc2OC)cc1Br. The van der Waals surface area contributed by atoms with Crippen molar-refractivity contribution in [3.8, 4) is 11.6 Å². The summed E-state index contributed by atoms with van der Waals surface area (Å²) in [4.78, 5) is 4.16. The van der Waals surface area contributed by atoms with Crippen molar-refractivity contribution in [1.29, 1.82) is 0 Å². The Hall–Kier alpha value is -1.75. The van der Waals surface area contributed by atoms with Gasteiger partial charge in [-0.3, -0.25) is 0 Å². The van der Waals surface area contributed by atoms with Gasteiger partial charge in [0, 0.05) is 24.0 Å². The number of hydrogen-bond donors (Lipinski definition) is 1. The molecule has 1 heterocycles. The lowest BCUT2D eigenvalue weighted by atomic mass is 10.2. The lowest BCUT2D eigenvalue weighted by Gasteiger charge is -2.11. The van der Waals surface area contributed by atoms with Crippen molar-refractivity contribution >= 4 is 21.6 Å². The number of nitrogens with zero attached hydrogens (tertiary/aromatic N) is 1. The number of ether oxygens (including phenoxy) is 2. The minimum absolute atomic E-state index is 0.641. The third-order valence-corrected chi connectivity index (χ3v) is 3.30. The molecule has 0 atom stereocenters. The summed E-state index contributed by atoms with van der Waals surface area (Å²) in [6.45, 7) is 0.649. The molecule has 1 aromatic carbocycles. The van der Waals surface area contributed by atoms with Gasteiger partial charge in [0.2, 0.25) is 5.88 Å². The average Bonchev–Trinajstić information content (AvgIpc) is 2.45. The van der Waals surface area contributed by atoms with E-state index in [1.54, 1.807) is 20.4 Å². The number of aromatic nitrogens is 1. The van der Waals surface area contributed by atoms with Crippen LogP contribution in [0.15, 0.2) is 41.0 Å². The first-order chi connectivity index (χ1) is 9.24. The smallest absolute Gasteiger partial charge is 0.218 e. The summed E-state index contributed by atoms with van der Waals surface area (Å²) in [6, 6.07) is 9.72. The predicted octanol–water partition coefficient (Wildman–Crippen LogP) is 3.47. The van der Waals surface area contributed by atoms with Crippen molar-refractivity contribution in [2.24, 2.45) is 0 Å². The molecule has 0 saturated heterocycles. The predicted molar refractivity (Wildman–Crippen MR) is 78.8 cm³/mol. The second-order valence-corrected chi connectivity index (χ2v) is 4.73. The molecule has 1 aromatic heterocycles. The number of nitrogens with one attached hydrogen (secondary N) is 1. The van der Waals surface area contributed by atoms with E-state index in [0.717, 1.165) is 21.5 Å². The van der Waals surface area contributed by atoms with Crippen LogP contribution < -0.4 is 14.8 Å². The number of benzene rings is 1. The summed E-state index contributed by atoms with van der Waals surface area (Å²) in [5.41, 5.74) is 2.01. The highest BCUT2D eigenvalue weighted by Crippen LogP contribution is 2.28. The maximum Gasteiger partial charge on any atom is 0.218 e. The van der Waals surface area contributed by atoms with Crippen molar-refractivity contribution < 1.29 is 9.47 Å². The van der Waals surface area contributed by atoms with Crippen LogP contribution in [0.4, 0.5) is 5.69 Å². The van der Waals surface area contributed by atoms with Crippen LogP contribution >= 0.6 is 15.9 Å². The molecule has 0 unspecified atom stereocenters. The van der Waals surface area contributed by atoms with E-state index >= 15 is 0 Å². The topological polar surface area (TPSA) is 43.4 Å². The number of hydrogen-bond acceptors (Lipinski definition) is 4. The van der Waals surface area contributed by atoms with Gasteiger partial charge in [-0.05, 0) is 40.2 Å². The van der Waals surface area contributed by atoms with Gasteiger partial charge in [-0.25, -0.2) is 4.98 Å². The van der Waals surface area contributed by atoms with E-state index in [4.69, 9.17) is 9.47 Å². The summed E-state index contributed by atoms with van der Waals surface area (Å²) in [5, 5.41) is 3.32. The normalized spacial score (nSPS) is 10.1. The van der Waals surface area contributed by atoms with Crippen LogP contribution in [0.2, 0.25) is 0 Å². The zero-order valence-electron chi connectivity index (χ0n) is 10.8. The fourth-order valence-electron chi connectivity index (χ4n) is 1.72. The Morgan fingerprint density at radius 2 is 2.05 bits per heavy atom. The fourth-order valence-corrected chi connectivity index (χ4v) is 2.26. The van der Waals surface area contributed by atoms with Crippen LogP contribution in [-0.4, -0.2) is 19.2 Å². The molecule has 2 rings (SSSR count). The lowest BCUT2D eigenvalue weighted by Crippen LogP contribution is -2.02. The molecule has 100 valence electrons. The maximum absolute atomic E-state index is 5.21.